The molecule has 0 fully saturated rings. The minimum atomic E-state index is -0.271. The summed E-state index contributed by atoms with van der Waals surface area (Å²) >= 11 is 0. The fourth-order valence-electron chi connectivity index (χ4n) is 11.3. The van der Waals surface area contributed by atoms with Crippen LogP contribution in [0.25, 0.3) is 22.3 Å². The Morgan fingerprint density at radius 1 is 0.510 bits per heavy atom. The highest BCUT2D eigenvalue weighted by atomic mass is 16.5. The van der Waals surface area contributed by atoms with Gasteiger partial charge in [-0.15, -0.1) is 0 Å². The molecular formula is C48H39NO2. The Balaban J connectivity index is 1.33. The zero-order chi connectivity index (χ0) is 34.7. The maximum absolute atomic E-state index is 7.36. The molecule has 6 aromatic carbocycles. The summed E-state index contributed by atoms with van der Waals surface area (Å²) in [5.74, 6) is 3.91. The Bertz CT molecular complexity index is 2690. The van der Waals surface area contributed by atoms with Gasteiger partial charge in [0.25, 0.3) is 0 Å². The summed E-state index contributed by atoms with van der Waals surface area (Å²) < 4.78 is 14.7. The molecule has 4 aliphatic heterocycles. The van der Waals surface area contributed by atoms with E-state index in [0.717, 1.165) is 34.1 Å². The Hall–Kier alpha value is -5.28. The topological polar surface area (TPSA) is 21.7 Å². The molecule has 1 atom stereocenters. The summed E-state index contributed by atoms with van der Waals surface area (Å²) in [5, 5.41) is 0. The van der Waals surface area contributed by atoms with E-state index in [1.165, 1.54) is 89.4 Å². The van der Waals surface area contributed by atoms with E-state index in [4.69, 9.17) is 9.47 Å². The molecule has 2 aliphatic carbocycles. The Morgan fingerprint density at radius 3 is 1.84 bits per heavy atom. The van der Waals surface area contributed by atoms with E-state index in [1.54, 1.807) is 0 Å². The van der Waals surface area contributed by atoms with Gasteiger partial charge in [0.15, 0.2) is 0 Å². The first-order valence-electron chi connectivity index (χ1n) is 18.5. The van der Waals surface area contributed by atoms with Crippen molar-refractivity contribution in [3.63, 3.8) is 0 Å². The van der Waals surface area contributed by atoms with Gasteiger partial charge < -0.3 is 14.4 Å². The summed E-state index contributed by atoms with van der Waals surface area (Å²) in [5.41, 5.74) is 22.6. The fourth-order valence-corrected chi connectivity index (χ4v) is 11.3. The van der Waals surface area contributed by atoms with Crippen LogP contribution in [-0.4, -0.2) is 0 Å². The van der Waals surface area contributed by atoms with E-state index in [2.05, 4.69) is 145 Å². The van der Waals surface area contributed by atoms with Gasteiger partial charge in [-0.2, -0.15) is 0 Å². The molecule has 0 bridgehead atoms. The van der Waals surface area contributed by atoms with Gasteiger partial charge in [0.1, 0.15) is 23.0 Å². The normalized spacial score (nSPS) is 19.5. The maximum Gasteiger partial charge on any atom is 0.138 e. The Labute approximate surface area is 299 Å². The van der Waals surface area contributed by atoms with Crippen LogP contribution in [0, 0.1) is 13.8 Å². The van der Waals surface area contributed by atoms with Gasteiger partial charge in [0.2, 0.25) is 0 Å². The highest BCUT2D eigenvalue weighted by Gasteiger charge is 2.56. The van der Waals surface area contributed by atoms with Crippen LogP contribution >= 0.6 is 0 Å². The quantitative estimate of drug-likeness (QED) is 0.161. The van der Waals surface area contributed by atoms with Gasteiger partial charge >= 0.3 is 0 Å². The average molecular weight is 662 g/mol. The highest BCUT2D eigenvalue weighted by molar-refractivity contribution is 6.05. The van der Waals surface area contributed by atoms with Gasteiger partial charge in [-0.05, 0) is 88.2 Å². The van der Waals surface area contributed by atoms with Crippen molar-refractivity contribution in [2.24, 2.45) is 0 Å². The average Bonchev–Trinajstić information content (AvgIpc) is 3.47. The highest BCUT2D eigenvalue weighted by Crippen LogP contribution is 2.74. The predicted molar refractivity (Wildman–Crippen MR) is 205 cm³/mol. The Kier molecular flexibility index (Phi) is 4.70. The third kappa shape index (κ3) is 2.97. The standard InChI is InChI=1S/C48H39NO2/c1-23-17-18-31-30(19-23)48(7,8)41-35-26-14-10-12-16-29(26)47(5,6)42(35)45-39-38-36-32(49(31)43(39)41)22-27-25-13-9-11-15-28(25)46(3,4)40(27)44(36)50-33-20-24(2)21-34(51-45)37(33)38/h9-22,38H,1-8H3. The van der Waals surface area contributed by atoms with Gasteiger partial charge in [-0.1, -0.05) is 108 Å². The van der Waals surface area contributed by atoms with Crippen LogP contribution in [0.1, 0.15) is 109 Å². The lowest BCUT2D eigenvalue weighted by molar-refractivity contribution is 0.395. The Morgan fingerprint density at radius 2 is 1.12 bits per heavy atom. The number of hydrogen-bond donors (Lipinski definition) is 0. The molecule has 3 heteroatoms. The summed E-state index contributed by atoms with van der Waals surface area (Å²) in [4.78, 5) is 2.61. The molecule has 51 heavy (non-hydrogen) atoms. The predicted octanol–water partition coefficient (Wildman–Crippen LogP) is 12.7. The number of anilines is 3. The molecule has 1 unspecified atom stereocenters. The van der Waals surface area contributed by atoms with E-state index in [0.29, 0.717) is 0 Å². The molecule has 0 saturated heterocycles. The summed E-state index contributed by atoms with van der Waals surface area (Å²) in [6, 6.07) is 32.1. The van der Waals surface area contributed by atoms with Crippen molar-refractivity contribution in [1.82, 2.24) is 0 Å². The lowest BCUT2D eigenvalue weighted by Gasteiger charge is -2.52. The number of nitrogens with zero attached hydrogens (tertiary/aromatic N) is 1. The van der Waals surface area contributed by atoms with Gasteiger partial charge in [0, 0.05) is 44.1 Å². The second kappa shape index (κ2) is 8.43. The zero-order valence-corrected chi connectivity index (χ0v) is 30.4. The first-order valence-corrected chi connectivity index (χ1v) is 18.5. The SMILES string of the molecule is Cc1cc2c3c(c1)Oc1c4c5c(c6c1C(C)(C)c1ccccc1-6)C(C)(C)c1cc(C)ccc1N5c1cc5c(c(c1C34)O2)C(C)(C)c1ccccc1-5. The van der Waals surface area contributed by atoms with Crippen LogP contribution in [0.4, 0.5) is 17.1 Å². The minimum absolute atomic E-state index is 0.0134. The van der Waals surface area contributed by atoms with Crippen molar-refractivity contribution in [2.45, 2.75) is 77.6 Å². The van der Waals surface area contributed by atoms with E-state index in [9.17, 15) is 0 Å². The van der Waals surface area contributed by atoms with Crippen LogP contribution in [0.15, 0.2) is 84.9 Å². The number of fused-ring (bicyclic) bond motifs is 12. The third-order valence-electron chi connectivity index (χ3n) is 13.5. The summed E-state index contributed by atoms with van der Waals surface area (Å²) in [7, 11) is 0. The van der Waals surface area contributed by atoms with Crippen molar-refractivity contribution >= 4 is 17.1 Å². The smallest absolute Gasteiger partial charge is 0.138 e. The molecule has 0 saturated carbocycles. The monoisotopic (exact) mass is 661 g/mol. The van der Waals surface area contributed by atoms with Crippen LogP contribution in [-0.2, 0) is 16.2 Å². The molecule has 0 radical (unpaired) electrons. The largest absolute Gasteiger partial charge is 0.456 e. The van der Waals surface area contributed by atoms with Crippen molar-refractivity contribution in [3.8, 4) is 45.3 Å². The second-order valence-electron chi connectivity index (χ2n) is 17.4. The third-order valence-corrected chi connectivity index (χ3v) is 13.5. The molecule has 0 aromatic heterocycles. The van der Waals surface area contributed by atoms with E-state index in [-0.39, 0.29) is 22.2 Å². The molecule has 248 valence electrons. The molecule has 12 rings (SSSR count). The molecule has 6 aliphatic rings. The van der Waals surface area contributed by atoms with Gasteiger partial charge in [-0.3, -0.25) is 0 Å². The molecule has 6 aromatic rings. The first kappa shape index (κ1) is 28.4. The second-order valence-corrected chi connectivity index (χ2v) is 17.4. The van der Waals surface area contributed by atoms with Gasteiger partial charge in [-0.25, -0.2) is 0 Å². The molecule has 0 amide bonds. The number of hydrogen-bond acceptors (Lipinski definition) is 3. The minimum Gasteiger partial charge on any atom is -0.456 e. The van der Waals surface area contributed by atoms with Crippen LogP contribution in [0.2, 0.25) is 0 Å². The first-order chi connectivity index (χ1) is 24.4. The van der Waals surface area contributed by atoms with Crippen LogP contribution < -0.4 is 14.4 Å². The molecule has 0 N–H and O–H groups in total. The lowest BCUT2D eigenvalue weighted by atomic mass is 9.64. The van der Waals surface area contributed by atoms with Crippen LogP contribution in [0.3, 0.4) is 0 Å². The summed E-state index contributed by atoms with van der Waals surface area (Å²) in [6.45, 7) is 18.8. The lowest BCUT2D eigenvalue weighted by Crippen LogP contribution is -2.38. The fraction of sp³-hybridized carbons (Fsp3) is 0.250. The molecular weight excluding hydrogens is 623 g/mol. The number of benzene rings is 6. The van der Waals surface area contributed by atoms with Crippen LogP contribution in [0.5, 0.6) is 23.0 Å². The van der Waals surface area contributed by atoms with Crippen molar-refractivity contribution < 1.29 is 9.47 Å². The zero-order valence-electron chi connectivity index (χ0n) is 30.4. The maximum atomic E-state index is 7.36. The van der Waals surface area contributed by atoms with Gasteiger partial charge in [0.05, 0.1) is 23.0 Å². The van der Waals surface area contributed by atoms with Crippen molar-refractivity contribution in [1.29, 1.82) is 0 Å². The van der Waals surface area contributed by atoms with E-state index in [1.807, 2.05) is 0 Å². The number of ether oxygens (including phenoxy) is 2. The molecule has 4 heterocycles. The molecule has 0 spiro atoms. The van der Waals surface area contributed by atoms with Crippen molar-refractivity contribution in [2.75, 3.05) is 4.90 Å². The number of aryl methyl sites for hydroxylation is 2. The van der Waals surface area contributed by atoms with E-state index >= 15 is 0 Å². The van der Waals surface area contributed by atoms with E-state index < -0.39 is 0 Å². The summed E-state index contributed by atoms with van der Waals surface area (Å²) in [6.07, 6.45) is 0. The number of rotatable bonds is 0. The molecule has 3 nitrogen and oxygen atoms in total. The van der Waals surface area contributed by atoms with Crippen molar-refractivity contribution in [3.05, 3.63) is 146 Å².